The number of ether oxygens (including phenoxy) is 3. The lowest BCUT2D eigenvalue weighted by atomic mass is 9.97. The van der Waals surface area contributed by atoms with Crippen molar-refractivity contribution >= 4 is 23.3 Å². The maximum absolute atomic E-state index is 14.6. The SMILES string of the molecule is CC(=O)O.CCC(C)=C1CO[C@H](c2cccc(OC)c2OC)c2c(Cl)cccc2N1/C(=C(\C)CC)C(F)(F)F. The van der Waals surface area contributed by atoms with Gasteiger partial charge in [-0.2, -0.15) is 13.2 Å². The first kappa shape index (κ1) is 32.0. The van der Waals surface area contributed by atoms with Crippen LogP contribution < -0.4 is 14.4 Å². The number of alkyl halides is 3. The molecule has 0 fully saturated rings. The number of halogens is 4. The maximum Gasteiger partial charge on any atom is 0.431 e. The van der Waals surface area contributed by atoms with E-state index >= 15 is 0 Å². The van der Waals surface area contributed by atoms with Crippen molar-refractivity contribution in [3.8, 4) is 11.5 Å². The summed E-state index contributed by atoms with van der Waals surface area (Å²) in [5, 5.41) is 7.72. The summed E-state index contributed by atoms with van der Waals surface area (Å²) in [5.41, 5.74) is 2.12. The van der Waals surface area contributed by atoms with Crippen LogP contribution in [0.1, 0.15) is 64.7 Å². The number of fused-ring (bicyclic) bond motifs is 1. The molecule has 3 rings (SSSR count). The zero-order valence-corrected chi connectivity index (χ0v) is 24.0. The molecule has 1 heterocycles. The third kappa shape index (κ3) is 7.28. The predicted octanol–water partition coefficient (Wildman–Crippen LogP) is 8.30. The highest BCUT2D eigenvalue weighted by Crippen LogP contribution is 2.50. The van der Waals surface area contributed by atoms with Crippen LogP contribution in [0.5, 0.6) is 11.5 Å². The number of carboxylic acid groups (broad SMARTS) is 1. The predicted molar refractivity (Wildman–Crippen MR) is 147 cm³/mol. The van der Waals surface area contributed by atoms with E-state index in [1.54, 1.807) is 37.3 Å². The standard InChI is InChI=1S/C27H31ClF3NO3.C2H4O2/c1-7-16(3)21-15-35-25(18-11-9-14-22(33-5)24(18)34-6)23-19(28)12-10-13-20(23)32(21)26(17(4)8-2)27(29,30)31;1-2(3)4/h9-14,25H,7-8,15H2,1-6H3;1H3,(H,3,4)/b21-16?,26-17+;/t25-;/m1./s1. The van der Waals surface area contributed by atoms with Crippen LogP contribution >= 0.6 is 11.6 Å². The Bertz CT molecular complexity index is 1240. The number of anilines is 1. The summed E-state index contributed by atoms with van der Waals surface area (Å²) in [5.74, 6) is 0.0925. The van der Waals surface area contributed by atoms with Gasteiger partial charge in [-0.25, -0.2) is 0 Å². The topological polar surface area (TPSA) is 68.2 Å². The molecule has 1 aliphatic rings. The van der Waals surface area contributed by atoms with Crippen molar-refractivity contribution in [3.63, 3.8) is 0 Å². The number of carbonyl (C=O) groups is 1. The highest BCUT2D eigenvalue weighted by molar-refractivity contribution is 6.32. The summed E-state index contributed by atoms with van der Waals surface area (Å²) in [6.45, 7) is 8.01. The molecule has 0 bridgehead atoms. The van der Waals surface area contributed by atoms with Gasteiger partial charge in [0, 0.05) is 28.8 Å². The van der Waals surface area contributed by atoms with E-state index in [-0.39, 0.29) is 18.6 Å². The van der Waals surface area contributed by atoms with Gasteiger partial charge in [-0.1, -0.05) is 49.2 Å². The van der Waals surface area contributed by atoms with Crippen LogP contribution in [0, 0.1) is 0 Å². The highest BCUT2D eigenvalue weighted by atomic mass is 35.5. The van der Waals surface area contributed by atoms with E-state index in [2.05, 4.69) is 0 Å². The Morgan fingerprint density at radius 1 is 1.08 bits per heavy atom. The van der Waals surface area contributed by atoms with Crippen molar-refractivity contribution in [2.75, 3.05) is 25.7 Å². The molecule has 1 N–H and O–H groups in total. The first-order valence-electron chi connectivity index (χ1n) is 12.4. The van der Waals surface area contributed by atoms with E-state index in [9.17, 15) is 13.2 Å². The Morgan fingerprint density at radius 2 is 1.69 bits per heavy atom. The minimum absolute atomic E-state index is 0.0493. The molecule has 0 saturated heterocycles. The van der Waals surface area contributed by atoms with Gasteiger partial charge >= 0.3 is 6.18 Å². The minimum atomic E-state index is -4.59. The summed E-state index contributed by atoms with van der Waals surface area (Å²) >= 11 is 6.70. The molecule has 0 aliphatic carbocycles. The number of allylic oxidation sites excluding steroid dienone is 3. The molecule has 2 aromatic carbocycles. The number of methoxy groups -OCH3 is 2. The number of hydrogen-bond acceptors (Lipinski definition) is 5. The molecular weight excluding hydrogens is 535 g/mol. The van der Waals surface area contributed by atoms with Crippen LogP contribution in [0.25, 0.3) is 0 Å². The first-order chi connectivity index (χ1) is 18.3. The number of benzene rings is 2. The van der Waals surface area contributed by atoms with Crippen molar-refractivity contribution < 1.29 is 37.3 Å². The average Bonchev–Trinajstić information content (AvgIpc) is 3.04. The molecular formula is C29H35ClF3NO5. The molecule has 0 unspecified atom stereocenters. The van der Waals surface area contributed by atoms with Crippen LogP contribution in [0.15, 0.2) is 58.9 Å². The second-order valence-electron chi connectivity index (χ2n) is 8.86. The van der Waals surface area contributed by atoms with Gasteiger partial charge in [0.25, 0.3) is 5.97 Å². The zero-order valence-electron chi connectivity index (χ0n) is 23.2. The van der Waals surface area contributed by atoms with E-state index in [4.69, 9.17) is 35.7 Å². The summed E-state index contributed by atoms with van der Waals surface area (Å²) < 4.78 is 61.3. The van der Waals surface area contributed by atoms with Crippen LogP contribution in [-0.4, -0.2) is 38.1 Å². The van der Waals surface area contributed by atoms with Gasteiger partial charge in [-0.15, -0.1) is 0 Å². The Labute approximate surface area is 232 Å². The molecule has 214 valence electrons. The van der Waals surface area contributed by atoms with Gasteiger partial charge < -0.3 is 24.2 Å². The van der Waals surface area contributed by atoms with Gasteiger partial charge in [-0.3, -0.25) is 4.79 Å². The summed E-state index contributed by atoms with van der Waals surface area (Å²) in [6, 6.07) is 10.3. The van der Waals surface area contributed by atoms with Crippen molar-refractivity contribution in [2.24, 2.45) is 0 Å². The molecule has 0 radical (unpaired) electrons. The lowest BCUT2D eigenvalue weighted by molar-refractivity contribution is -0.134. The lowest BCUT2D eigenvalue weighted by Gasteiger charge is -2.33. The van der Waals surface area contributed by atoms with E-state index in [1.165, 1.54) is 26.0 Å². The Kier molecular flexibility index (Phi) is 11.3. The second-order valence-corrected chi connectivity index (χ2v) is 9.27. The third-order valence-corrected chi connectivity index (χ3v) is 6.68. The molecule has 2 aromatic rings. The van der Waals surface area contributed by atoms with Crippen LogP contribution in [-0.2, 0) is 9.53 Å². The van der Waals surface area contributed by atoms with Crippen molar-refractivity contribution in [3.05, 3.63) is 75.1 Å². The zero-order chi connectivity index (χ0) is 29.5. The molecule has 1 atom stereocenters. The quantitative estimate of drug-likeness (QED) is 0.377. The molecule has 10 heteroatoms. The third-order valence-electron chi connectivity index (χ3n) is 6.36. The number of carboxylic acids is 1. The Hall–Kier alpha value is -3.17. The molecule has 0 amide bonds. The Balaban J connectivity index is 0.00000124. The smallest absolute Gasteiger partial charge is 0.431 e. The fraction of sp³-hybridized carbons (Fsp3) is 0.414. The first-order valence-corrected chi connectivity index (χ1v) is 12.8. The van der Waals surface area contributed by atoms with E-state index in [0.29, 0.717) is 45.5 Å². The monoisotopic (exact) mass is 569 g/mol. The number of aliphatic carboxylic acids is 1. The average molecular weight is 570 g/mol. The molecule has 39 heavy (non-hydrogen) atoms. The second kappa shape index (κ2) is 13.8. The van der Waals surface area contributed by atoms with Crippen LogP contribution in [0.2, 0.25) is 5.02 Å². The fourth-order valence-electron chi connectivity index (χ4n) is 4.30. The van der Waals surface area contributed by atoms with Gasteiger partial charge in [0.15, 0.2) is 11.5 Å². The molecule has 0 spiro atoms. The molecule has 0 saturated carbocycles. The van der Waals surface area contributed by atoms with Crippen molar-refractivity contribution in [1.82, 2.24) is 0 Å². The summed E-state index contributed by atoms with van der Waals surface area (Å²) in [4.78, 5) is 10.3. The number of para-hydroxylation sites is 1. The van der Waals surface area contributed by atoms with Crippen LogP contribution in [0.4, 0.5) is 18.9 Å². The number of rotatable bonds is 6. The molecule has 6 nitrogen and oxygen atoms in total. The highest BCUT2D eigenvalue weighted by Gasteiger charge is 2.44. The van der Waals surface area contributed by atoms with E-state index in [0.717, 1.165) is 12.5 Å². The van der Waals surface area contributed by atoms with Crippen molar-refractivity contribution in [1.29, 1.82) is 0 Å². The van der Waals surface area contributed by atoms with Crippen molar-refractivity contribution in [2.45, 2.75) is 59.7 Å². The minimum Gasteiger partial charge on any atom is -0.493 e. The molecule has 1 aliphatic heterocycles. The van der Waals surface area contributed by atoms with E-state index in [1.807, 2.05) is 19.9 Å². The largest absolute Gasteiger partial charge is 0.493 e. The van der Waals surface area contributed by atoms with Gasteiger partial charge in [0.2, 0.25) is 0 Å². The fourth-order valence-corrected chi connectivity index (χ4v) is 4.57. The van der Waals surface area contributed by atoms with Gasteiger partial charge in [0.05, 0.1) is 26.5 Å². The lowest BCUT2D eigenvalue weighted by Crippen LogP contribution is -2.34. The number of nitrogens with zero attached hydrogens (tertiary/aromatic N) is 1. The number of hydrogen-bond donors (Lipinski definition) is 1. The normalized spacial score (nSPS) is 17.2. The van der Waals surface area contributed by atoms with Gasteiger partial charge in [-0.05, 0) is 50.5 Å². The van der Waals surface area contributed by atoms with Crippen LogP contribution in [0.3, 0.4) is 0 Å². The van der Waals surface area contributed by atoms with Gasteiger partial charge in [0.1, 0.15) is 11.8 Å². The summed E-state index contributed by atoms with van der Waals surface area (Å²) in [6.07, 6.45) is -4.57. The summed E-state index contributed by atoms with van der Waals surface area (Å²) in [7, 11) is 3.04. The Morgan fingerprint density at radius 3 is 2.21 bits per heavy atom. The molecule has 0 aromatic heterocycles. The maximum atomic E-state index is 14.6. The van der Waals surface area contributed by atoms with E-state index < -0.39 is 23.9 Å².